The van der Waals surface area contributed by atoms with Crippen molar-refractivity contribution < 1.29 is 14.7 Å². The van der Waals surface area contributed by atoms with E-state index in [1.54, 1.807) is 0 Å². The Bertz CT molecular complexity index is 326. The summed E-state index contributed by atoms with van der Waals surface area (Å²) in [7, 11) is 0. The van der Waals surface area contributed by atoms with Crippen LogP contribution in [0.4, 0.5) is 4.79 Å². The monoisotopic (exact) mass is 285 g/mol. The van der Waals surface area contributed by atoms with Gasteiger partial charge in [-0.2, -0.15) is 0 Å². The van der Waals surface area contributed by atoms with Crippen LogP contribution in [0.1, 0.15) is 33.6 Å². The fourth-order valence-electron chi connectivity index (χ4n) is 2.41. The van der Waals surface area contributed by atoms with Crippen LogP contribution >= 0.6 is 0 Å². The van der Waals surface area contributed by atoms with Crippen molar-refractivity contribution in [2.24, 2.45) is 0 Å². The maximum Gasteiger partial charge on any atom is 0.320 e. The number of hydrogen-bond acceptors (Lipinski definition) is 3. The van der Waals surface area contributed by atoms with Gasteiger partial charge in [-0.15, -0.1) is 0 Å². The molecule has 1 saturated heterocycles. The number of hydrogen-bond donors (Lipinski definition) is 1. The normalized spacial score (nSPS) is 16.5. The van der Waals surface area contributed by atoms with Crippen molar-refractivity contribution in [3.05, 3.63) is 0 Å². The van der Waals surface area contributed by atoms with E-state index in [-0.39, 0.29) is 18.5 Å². The smallest absolute Gasteiger partial charge is 0.320 e. The molecule has 20 heavy (non-hydrogen) atoms. The summed E-state index contributed by atoms with van der Waals surface area (Å²) >= 11 is 0. The molecule has 1 aliphatic rings. The lowest BCUT2D eigenvalue weighted by atomic mass is 10.2. The second kappa shape index (κ2) is 8.09. The molecule has 1 rings (SSSR count). The summed E-state index contributed by atoms with van der Waals surface area (Å²) in [6.45, 7) is 10.4. The Balaban J connectivity index is 2.43. The molecule has 0 aromatic heterocycles. The number of piperazine rings is 1. The highest BCUT2D eigenvalue weighted by molar-refractivity contribution is 5.75. The molecule has 1 heterocycles. The van der Waals surface area contributed by atoms with Gasteiger partial charge < -0.3 is 14.9 Å². The van der Waals surface area contributed by atoms with Crippen LogP contribution in [0.25, 0.3) is 0 Å². The molecular weight excluding hydrogens is 258 g/mol. The maximum atomic E-state index is 12.4. The molecule has 0 aromatic rings. The molecule has 0 aromatic carbocycles. The summed E-state index contributed by atoms with van der Waals surface area (Å²) in [5.74, 6) is -0.766. The Morgan fingerprint density at radius 3 is 2.25 bits per heavy atom. The van der Waals surface area contributed by atoms with Crippen LogP contribution in [0.15, 0.2) is 0 Å². The van der Waals surface area contributed by atoms with Gasteiger partial charge in [0.25, 0.3) is 0 Å². The van der Waals surface area contributed by atoms with Crippen molar-refractivity contribution >= 4 is 12.0 Å². The standard InChI is InChI=1S/C14H27N3O3/c1-4-6-17(12(2)3)14(20)16-10-8-15(9-11-16)7-5-13(18)19/h12H,4-11H2,1-3H3,(H,18,19). The van der Waals surface area contributed by atoms with E-state index in [9.17, 15) is 9.59 Å². The first kappa shape index (κ1) is 16.8. The molecule has 0 aliphatic carbocycles. The van der Waals surface area contributed by atoms with E-state index in [4.69, 9.17) is 5.11 Å². The Labute approximate surface area is 121 Å². The fourth-order valence-corrected chi connectivity index (χ4v) is 2.41. The van der Waals surface area contributed by atoms with Crippen molar-refractivity contribution in [1.82, 2.24) is 14.7 Å². The average Bonchev–Trinajstić information content (AvgIpc) is 2.42. The van der Waals surface area contributed by atoms with E-state index in [2.05, 4.69) is 11.8 Å². The van der Waals surface area contributed by atoms with Crippen LogP contribution < -0.4 is 0 Å². The summed E-state index contributed by atoms with van der Waals surface area (Å²) in [5.41, 5.74) is 0. The first-order chi connectivity index (χ1) is 9.45. The van der Waals surface area contributed by atoms with Gasteiger partial charge in [-0.1, -0.05) is 6.92 Å². The first-order valence-corrected chi connectivity index (χ1v) is 7.45. The molecule has 6 heteroatoms. The van der Waals surface area contributed by atoms with Crippen LogP contribution in [0.2, 0.25) is 0 Å². The predicted octanol–water partition coefficient (Wildman–Crippen LogP) is 1.32. The topological polar surface area (TPSA) is 64.1 Å². The van der Waals surface area contributed by atoms with Gasteiger partial charge in [0, 0.05) is 45.3 Å². The molecule has 1 N–H and O–H groups in total. The molecule has 0 unspecified atom stereocenters. The van der Waals surface area contributed by atoms with Crippen molar-refractivity contribution in [2.75, 3.05) is 39.3 Å². The Morgan fingerprint density at radius 1 is 1.20 bits per heavy atom. The summed E-state index contributed by atoms with van der Waals surface area (Å²) < 4.78 is 0. The maximum absolute atomic E-state index is 12.4. The van der Waals surface area contributed by atoms with Crippen molar-refractivity contribution in [3.8, 4) is 0 Å². The molecule has 0 bridgehead atoms. The minimum atomic E-state index is -0.766. The van der Waals surface area contributed by atoms with Crippen molar-refractivity contribution in [1.29, 1.82) is 0 Å². The van der Waals surface area contributed by atoms with Gasteiger partial charge in [0.2, 0.25) is 0 Å². The lowest BCUT2D eigenvalue weighted by Crippen LogP contribution is -2.54. The summed E-state index contributed by atoms with van der Waals surface area (Å²) in [5, 5.41) is 8.68. The molecule has 116 valence electrons. The summed E-state index contributed by atoms with van der Waals surface area (Å²) in [6.07, 6.45) is 1.13. The number of carbonyl (C=O) groups is 2. The van der Waals surface area contributed by atoms with Gasteiger partial charge in [0.05, 0.1) is 6.42 Å². The first-order valence-electron chi connectivity index (χ1n) is 7.45. The van der Waals surface area contributed by atoms with E-state index >= 15 is 0 Å². The third kappa shape index (κ3) is 5.00. The zero-order valence-electron chi connectivity index (χ0n) is 12.8. The van der Waals surface area contributed by atoms with E-state index < -0.39 is 5.97 Å². The molecule has 0 atom stereocenters. The number of urea groups is 1. The quantitative estimate of drug-likeness (QED) is 0.799. The van der Waals surface area contributed by atoms with E-state index in [0.29, 0.717) is 19.6 Å². The number of carbonyl (C=O) groups excluding carboxylic acids is 1. The Hall–Kier alpha value is -1.30. The van der Waals surface area contributed by atoms with E-state index in [1.807, 2.05) is 23.6 Å². The number of carboxylic acids is 1. The molecular formula is C14H27N3O3. The Kier molecular flexibility index (Phi) is 6.78. The van der Waals surface area contributed by atoms with Crippen LogP contribution in [-0.2, 0) is 4.79 Å². The lowest BCUT2D eigenvalue weighted by molar-refractivity contribution is -0.137. The largest absolute Gasteiger partial charge is 0.481 e. The lowest BCUT2D eigenvalue weighted by Gasteiger charge is -2.38. The number of carboxylic acid groups (broad SMARTS) is 1. The highest BCUT2D eigenvalue weighted by atomic mass is 16.4. The summed E-state index contributed by atoms with van der Waals surface area (Å²) in [6, 6.07) is 0.326. The Morgan fingerprint density at radius 2 is 1.80 bits per heavy atom. The second-order valence-corrected chi connectivity index (χ2v) is 5.54. The third-order valence-electron chi connectivity index (χ3n) is 3.62. The number of rotatable bonds is 6. The minimum Gasteiger partial charge on any atom is -0.481 e. The zero-order valence-corrected chi connectivity index (χ0v) is 12.8. The van der Waals surface area contributed by atoms with E-state index in [0.717, 1.165) is 26.1 Å². The van der Waals surface area contributed by atoms with E-state index in [1.165, 1.54) is 0 Å². The molecule has 6 nitrogen and oxygen atoms in total. The molecule has 2 amide bonds. The number of nitrogens with zero attached hydrogens (tertiary/aromatic N) is 3. The molecule has 1 aliphatic heterocycles. The molecule has 0 radical (unpaired) electrons. The van der Waals surface area contributed by atoms with Crippen LogP contribution in [-0.4, -0.2) is 77.1 Å². The zero-order chi connectivity index (χ0) is 15.1. The summed E-state index contributed by atoms with van der Waals surface area (Å²) in [4.78, 5) is 28.9. The second-order valence-electron chi connectivity index (χ2n) is 5.54. The molecule has 0 spiro atoms. The van der Waals surface area contributed by atoms with Crippen LogP contribution in [0.3, 0.4) is 0 Å². The highest BCUT2D eigenvalue weighted by Gasteiger charge is 2.26. The third-order valence-corrected chi connectivity index (χ3v) is 3.62. The fraction of sp³-hybridized carbons (Fsp3) is 0.857. The SMILES string of the molecule is CCCN(C(=O)N1CCN(CCC(=O)O)CC1)C(C)C. The molecule has 0 saturated carbocycles. The minimum absolute atomic E-state index is 0.111. The van der Waals surface area contributed by atoms with Gasteiger partial charge in [0.15, 0.2) is 0 Å². The van der Waals surface area contributed by atoms with Crippen LogP contribution in [0.5, 0.6) is 0 Å². The van der Waals surface area contributed by atoms with Gasteiger partial charge in [-0.05, 0) is 20.3 Å². The predicted molar refractivity (Wildman–Crippen MR) is 77.8 cm³/mol. The van der Waals surface area contributed by atoms with Crippen LogP contribution in [0, 0.1) is 0 Å². The molecule has 1 fully saturated rings. The van der Waals surface area contributed by atoms with Crippen molar-refractivity contribution in [3.63, 3.8) is 0 Å². The highest BCUT2D eigenvalue weighted by Crippen LogP contribution is 2.09. The number of amides is 2. The average molecular weight is 285 g/mol. The number of aliphatic carboxylic acids is 1. The van der Waals surface area contributed by atoms with Gasteiger partial charge in [-0.3, -0.25) is 9.69 Å². The van der Waals surface area contributed by atoms with Gasteiger partial charge in [-0.25, -0.2) is 4.79 Å². The van der Waals surface area contributed by atoms with Crippen molar-refractivity contribution in [2.45, 2.75) is 39.7 Å². The van der Waals surface area contributed by atoms with Gasteiger partial charge in [0.1, 0.15) is 0 Å². The van der Waals surface area contributed by atoms with Gasteiger partial charge >= 0.3 is 12.0 Å².